The van der Waals surface area contributed by atoms with Crippen LogP contribution in [0.4, 0.5) is 0 Å². The van der Waals surface area contributed by atoms with Crippen LogP contribution in [0.2, 0.25) is 0 Å². The Hall–Kier alpha value is -1.00. The summed E-state index contributed by atoms with van der Waals surface area (Å²) in [6, 6.07) is 5.21. The lowest BCUT2D eigenvalue weighted by molar-refractivity contribution is 0.112. The molecule has 4 heteroatoms. The van der Waals surface area contributed by atoms with Crippen LogP contribution in [0.15, 0.2) is 23.1 Å². The highest BCUT2D eigenvalue weighted by atomic mass is 32.2. The van der Waals surface area contributed by atoms with E-state index in [1.807, 2.05) is 0 Å². The molecule has 0 unspecified atom stereocenters. The van der Waals surface area contributed by atoms with Gasteiger partial charge in [0.05, 0.1) is 12.7 Å². The second kappa shape index (κ2) is 4.13. The molecule has 0 saturated carbocycles. The standard InChI is InChI=1S/C8H9NO2S/c1-11-8-3-2-7(12-9)4-6(8)5-10/h2-5H,9H2,1H3. The average molecular weight is 183 g/mol. The first kappa shape index (κ1) is 9.09. The summed E-state index contributed by atoms with van der Waals surface area (Å²) in [5.41, 5.74) is 0.521. The van der Waals surface area contributed by atoms with Gasteiger partial charge in [-0.15, -0.1) is 0 Å². The summed E-state index contributed by atoms with van der Waals surface area (Å²) in [7, 11) is 1.53. The van der Waals surface area contributed by atoms with Crippen molar-refractivity contribution in [3.63, 3.8) is 0 Å². The molecule has 12 heavy (non-hydrogen) atoms. The predicted octanol–water partition coefficient (Wildman–Crippen LogP) is 1.47. The fourth-order valence-electron chi connectivity index (χ4n) is 0.878. The maximum absolute atomic E-state index is 10.5. The smallest absolute Gasteiger partial charge is 0.153 e. The molecule has 0 heterocycles. The monoisotopic (exact) mass is 183 g/mol. The highest BCUT2D eigenvalue weighted by Crippen LogP contribution is 2.21. The molecule has 0 spiro atoms. The van der Waals surface area contributed by atoms with Crippen molar-refractivity contribution in [3.8, 4) is 5.75 Å². The number of aldehydes is 1. The van der Waals surface area contributed by atoms with Crippen LogP contribution >= 0.6 is 11.9 Å². The molecule has 64 valence electrons. The van der Waals surface area contributed by atoms with Gasteiger partial charge in [0.2, 0.25) is 0 Å². The second-order valence-electron chi connectivity index (χ2n) is 2.14. The minimum atomic E-state index is 0.521. The Morgan fingerprint density at radius 1 is 1.58 bits per heavy atom. The maximum atomic E-state index is 10.5. The van der Waals surface area contributed by atoms with Gasteiger partial charge >= 0.3 is 0 Å². The Bertz CT molecular complexity index is 288. The summed E-state index contributed by atoms with van der Waals surface area (Å²) >= 11 is 1.10. The fourth-order valence-corrected chi connectivity index (χ4v) is 1.22. The Morgan fingerprint density at radius 2 is 2.33 bits per heavy atom. The average Bonchev–Trinajstić information content (AvgIpc) is 2.16. The molecular formula is C8H9NO2S. The molecule has 0 aliphatic rings. The molecule has 3 nitrogen and oxygen atoms in total. The second-order valence-corrected chi connectivity index (χ2v) is 2.85. The summed E-state index contributed by atoms with van der Waals surface area (Å²) < 4.78 is 4.95. The van der Waals surface area contributed by atoms with Crippen molar-refractivity contribution in [2.45, 2.75) is 4.90 Å². The normalized spacial score (nSPS) is 9.50. The van der Waals surface area contributed by atoms with Crippen molar-refractivity contribution in [1.29, 1.82) is 0 Å². The maximum Gasteiger partial charge on any atom is 0.153 e. The summed E-state index contributed by atoms with van der Waals surface area (Å²) in [6.07, 6.45) is 0.749. The van der Waals surface area contributed by atoms with Gasteiger partial charge in [-0.05, 0) is 30.1 Å². The Balaban J connectivity index is 3.10. The Labute approximate surface area is 75.0 Å². The largest absolute Gasteiger partial charge is 0.496 e. The van der Waals surface area contributed by atoms with E-state index in [-0.39, 0.29) is 0 Å². The lowest BCUT2D eigenvalue weighted by atomic mass is 10.2. The van der Waals surface area contributed by atoms with E-state index in [1.165, 1.54) is 7.11 Å². The topological polar surface area (TPSA) is 52.3 Å². The predicted molar refractivity (Wildman–Crippen MR) is 48.4 cm³/mol. The number of rotatable bonds is 3. The summed E-state index contributed by atoms with van der Waals surface area (Å²) in [5, 5.41) is 5.32. The van der Waals surface area contributed by atoms with Crippen molar-refractivity contribution in [3.05, 3.63) is 23.8 Å². The van der Waals surface area contributed by atoms with E-state index in [4.69, 9.17) is 9.88 Å². The van der Waals surface area contributed by atoms with Crippen molar-refractivity contribution in [2.75, 3.05) is 7.11 Å². The van der Waals surface area contributed by atoms with Crippen molar-refractivity contribution in [2.24, 2.45) is 5.14 Å². The Kier molecular flexibility index (Phi) is 3.13. The van der Waals surface area contributed by atoms with Crippen LogP contribution in [-0.2, 0) is 0 Å². The van der Waals surface area contributed by atoms with Crippen LogP contribution in [0.25, 0.3) is 0 Å². The van der Waals surface area contributed by atoms with Crippen molar-refractivity contribution < 1.29 is 9.53 Å². The summed E-state index contributed by atoms with van der Waals surface area (Å²) in [6.45, 7) is 0. The minimum absolute atomic E-state index is 0.521. The molecule has 0 aliphatic carbocycles. The zero-order valence-corrected chi connectivity index (χ0v) is 7.43. The lowest BCUT2D eigenvalue weighted by Gasteiger charge is -2.03. The van der Waals surface area contributed by atoms with E-state index in [0.29, 0.717) is 11.3 Å². The molecule has 1 aromatic carbocycles. The quantitative estimate of drug-likeness (QED) is 0.569. The molecule has 0 saturated heterocycles. The molecule has 0 bridgehead atoms. The van der Waals surface area contributed by atoms with Gasteiger partial charge < -0.3 is 4.74 Å². The zero-order chi connectivity index (χ0) is 8.97. The van der Waals surface area contributed by atoms with E-state index in [2.05, 4.69) is 0 Å². The third-order valence-electron chi connectivity index (χ3n) is 1.46. The number of hydrogen-bond donors (Lipinski definition) is 1. The van der Waals surface area contributed by atoms with Gasteiger partial charge in [-0.3, -0.25) is 9.93 Å². The van der Waals surface area contributed by atoms with Gasteiger partial charge in [-0.1, -0.05) is 0 Å². The SMILES string of the molecule is COc1ccc(SN)cc1C=O. The first-order chi connectivity index (χ1) is 5.81. The molecular weight excluding hydrogens is 174 g/mol. The number of carbonyl (C=O) groups is 1. The van der Waals surface area contributed by atoms with Crippen LogP contribution in [0.3, 0.4) is 0 Å². The minimum Gasteiger partial charge on any atom is -0.496 e. The molecule has 0 radical (unpaired) electrons. The number of nitrogens with two attached hydrogens (primary N) is 1. The Morgan fingerprint density at radius 3 is 2.83 bits per heavy atom. The van der Waals surface area contributed by atoms with Crippen LogP contribution in [0.1, 0.15) is 10.4 Å². The van der Waals surface area contributed by atoms with Gasteiger partial charge in [0.25, 0.3) is 0 Å². The van der Waals surface area contributed by atoms with Gasteiger partial charge in [0.15, 0.2) is 6.29 Å². The van der Waals surface area contributed by atoms with Crippen LogP contribution < -0.4 is 9.88 Å². The third-order valence-corrected chi connectivity index (χ3v) is 1.99. The highest BCUT2D eigenvalue weighted by molar-refractivity contribution is 7.97. The van der Waals surface area contributed by atoms with E-state index in [0.717, 1.165) is 23.1 Å². The number of carbonyl (C=O) groups excluding carboxylic acids is 1. The first-order valence-electron chi connectivity index (χ1n) is 3.31. The molecule has 0 aliphatic heterocycles. The van der Waals surface area contributed by atoms with E-state index in [9.17, 15) is 4.79 Å². The molecule has 0 aromatic heterocycles. The molecule has 1 aromatic rings. The highest BCUT2D eigenvalue weighted by Gasteiger charge is 2.01. The zero-order valence-electron chi connectivity index (χ0n) is 6.61. The van der Waals surface area contributed by atoms with E-state index < -0.39 is 0 Å². The van der Waals surface area contributed by atoms with Gasteiger partial charge in [-0.2, -0.15) is 0 Å². The fraction of sp³-hybridized carbons (Fsp3) is 0.125. The van der Waals surface area contributed by atoms with Gasteiger partial charge in [-0.25, -0.2) is 0 Å². The molecule has 0 amide bonds. The van der Waals surface area contributed by atoms with Crippen molar-refractivity contribution in [1.82, 2.24) is 0 Å². The number of hydrogen-bond acceptors (Lipinski definition) is 4. The molecule has 2 N–H and O–H groups in total. The van der Waals surface area contributed by atoms with Gasteiger partial charge in [0, 0.05) is 4.90 Å². The van der Waals surface area contributed by atoms with Gasteiger partial charge in [0.1, 0.15) is 5.75 Å². The third kappa shape index (κ3) is 1.78. The lowest BCUT2D eigenvalue weighted by Crippen LogP contribution is -1.91. The first-order valence-corrected chi connectivity index (χ1v) is 4.19. The van der Waals surface area contributed by atoms with Crippen LogP contribution in [-0.4, -0.2) is 13.4 Å². The van der Waals surface area contributed by atoms with E-state index in [1.54, 1.807) is 18.2 Å². The number of methoxy groups -OCH3 is 1. The van der Waals surface area contributed by atoms with Crippen LogP contribution in [0.5, 0.6) is 5.75 Å². The number of benzene rings is 1. The molecule has 0 atom stereocenters. The number of ether oxygens (including phenoxy) is 1. The van der Waals surface area contributed by atoms with Crippen molar-refractivity contribution >= 4 is 18.2 Å². The molecule has 1 rings (SSSR count). The van der Waals surface area contributed by atoms with Crippen LogP contribution in [0, 0.1) is 0 Å². The summed E-state index contributed by atoms with van der Waals surface area (Å²) in [5.74, 6) is 0.572. The van der Waals surface area contributed by atoms with E-state index >= 15 is 0 Å². The molecule has 0 fully saturated rings. The summed E-state index contributed by atoms with van der Waals surface area (Å²) in [4.78, 5) is 11.4.